The van der Waals surface area contributed by atoms with Crippen molar-refractivity contribution in [1.29, 1.82) is 0 Å². The molecule has 1 heterocycles. The van der Waals surface area contributed by atoms with Crippen LogP contribution in [0.15, 0.2) is 22.7 Å². The zero-order valence-corrected chi connectivity index (χ0v) is 13.2. The summed E-state index contributed by atoms with van der Waals surface area (Å²) < 4.78 is 13.9. The number of halogens is 3. The Morgan fingerprint density at radius 3 is 2.74 bits per heavy atom. The molecule has 2 rings (SSSR count). The standard InChI is InChI=1S/C13H16BrFN2O.ClH/c1-8-7-17(9(2)6-16-8)13(18)10-3-11(14)5-12(15)4-10;/h3-5,8-9,16H,6-7H2,1-2H3;1H. The minimum Gasteiger partial charge on any atom is -0.333 e. The minimum atomic E-state index is -0.399. The molecule has 2 atom stereocenters. The molecule has 0 saturated carbocycles. The van der Waals surface area contributed by atoms with Crippen molar-refractivity contribution >= 4 is 34.2 Å². The maximum absolute atomic E-state index is 13.3. The van der Waals surface area contributed by atoms with Gasteiger partial charge in [-0.3, -0.25) is 4.79 Å². The van der Waals surface area contributed by atoms with E-state index in [2.05, 4.69) is 21.2 Å². The third kappa shape index (κ3) is 3.91. The number of nitrogens with one attached hydrogen (secondary N) is 1. The van der Waals surface area contributed by atoms with Crippen LogP contribution >= 0.6 is 28.3 Å². The predicted octanol–water partition coefficient (Wildman–Crippen LogP) is 2.83. The Balaban J connectivity index is 0.00000180. The van der Waals surface area contributed by atoms with E-state index in [-0.39, 0.29) is 30.4 Å². The van der Waals surface area contributed by atoms with Gasteiger partial charge in [0.2, 0.25) is 0 Å². The molecular weight excluding hydrogens is 335 g/mol. The third-order valence-electron chi connectivity index (χ3n) is 3.13. The molecule has 0 aliphatic carbocycles. The lowest BCUT2D eigenvalue weighted by Gasteiger charge is -2.37. The van der Waals surface area contributed by atoms with E-state index in [0.29, 0.717) is 16.6 Å². The van der Waals surface area contributed by atoms with E-state index in [9.17, 15) is 9.18 Å². The van der Waals surface area contributed by atoms with E-state index in [1.807, 2.05) is 13.8 Å². The minimum absolute atomic E-state index is 0. The van der Waals surface area contributed by atoms with Crippen LogP contribution in [-0.2, 0) is 0 Å². The van der Waals surface area contributed by atoms with Crippen LogP contribution in [0.2, 0.25) is 0 Å². The second kappa shape index (κ2) is 6.68. The molecule has 1 saturated heterocycles. The molecule has 0 radical (unpaired) electrons. The van der Waals surface area contributed by atoms with E-state index in [4.69, 9.17) is 0 Å². The number of piperazine rings is 1. The highest BCUT2D eigenvalue weighted by molar-refractivity contribution is 9.10. The van der Waals surface area contributed by atoms with Crippen LogP contribution in [0.3, 0.4) is 0 Å². The maximum Gasteiger partial charge on any atom is 0.254 e. The fourth-order valence-electron chi connectivity index (χ4n) is 2.15. The molecule has 1 fully saturated rings. The van der Waals surface area contributed by atoms with E-state index in [0.717, 1.165) is 6.54 Å². The number of rotatable bonds is 1. The average Bonchev–Trinajstić information content (AvgIpc) is 2.30. The molecule has 1 aliphatic rings. The average molecular weight is 352 g/mol. The van der Waals surface area contributed by atoms with Crippen molar-refractivity contribution in [2.75, 3.05) is 13.1 Å². The van der Waals surface area contributed by atoms with Crippen molar-refractivity contribution in [3.63, 3.8) is 0 Å². The molecule has 6 heteroatoms. The lowest BCUT2D eigenvalue weighted by Crippen LogP contribution is -2.56. The van der Waals surface area contributed by atoms with Gasteiger partial charge in [0.15, 0.2) is 0 Å². The Morgan fingerprint density at radius 1 is 1.42 bits per heavy atom. The molecule has 19 heavy (non-hydrogen) atoms. The first kappa shape index (κ1) is 16.4. The molecule has 1 aromatic rings. The summed E-state index contributed by atoms with van der Waals surface area (Å²) in [4.78, 5) is 14.2. The van der Waals surface area contributed by atoms with Crippen LogP contribution in [0, 0.1) is 5.82 Å². The zero-order valence-electron chi connectivity index (χ0n) is 10.8. The molecule has 1 N–H and O–H groups in total. The molecule has 3 nitrogen and oxygen atoms in total. The SMILES string of the molecule is CC1CN(C(=O)c2cc(F)cc(Br)c2)C(C)CN1.Cl. The third-order valence-corrected chi connectivity index (χ3v) is 3.59. The van der Waals surface area contributed by atoms with Crippen molar-refractivity contribution in [3.8, 4) is 0 Å². The zero-order chi connectivity index (χ0) is 13.3. The van der Waals surface area contributed by atoms with Gasteiger partial charge in [-0.25, -0.2) is 4.39 Å². The first-order valence-corrected chi connectivity index (χ1v) is 6.77. The molecular formula is C13H17BrClFN2O. The quantitative estimate of drug-likeness (QED) is 0.844. The Hall–Kier alpha value is -0.650. The molecule has 1 aliphatic heterocycles. The van der Waals surface area contributed by atoms with E-state index in [1.165, 1.54) is 12.1 Å². The summed E-state index contributed by atoms with van der Waals surface area (Å²) in [6, 6.07) is 4.68. The molecule has 1 aromatic carbocycles. The summed E-state index contributed by atoms with van der Waals surface area (Å²) in [6.07, 6.45) is 0. The summed E-state index contributed by atoms with van der Waals surface area (Å²) in [5.41, 5.74) is 0.392. The number of nitrogens with zero attached hydrogens (tertiary/aromatic N) is 1. The Kier molecular flexibility index (Phi) is 5.77. The Morgan fingerprint density at radius 2 is 2.11 bits per heavy atom. The van der Waals surface area contributed by atoms with Crippen LogP contribution < -0.4 is 5.32 Å². The highest BCUT2D eigenvalue weighted by atomic mass is 79.9. The molecule has 0 bridgehead atoms. The van der Waals surface area contributed by atoms with Crippen molar-refractivity contribution in [2.45, 2.75) is 25.9 Å². The van der Waals surface area contributed by atoms with Crippen molar-refractivity contribution in [2.24, 2.45) is 0 Å². The van der Waals surface area contributed by atoms with Gasteiger partial charge in [0.1, 0.15) is 5.82 Å². The second-order valence-electron chi connectivity index (χ2n) is 4.77. The smallest absolute Gasteiger partial charge is 0.254 e. The molecule has 2 unspecified atom stereocenters. The Bertz CT molecular complexity index is 452. The summed E-state index contributed by atoms with van der Waals surface area (Å²) in [7, 11) is 0. The number of hydrogen-bond donors (Lipinski definition) is 1. The van der Waals surface area contributed by atoms with Gasteiger partial charge in [-0.2, -0.15) is 0 Å². The Labute approximate surface area is 127 Å². The summed E-state index contributed by atoms with van der Waals surface area (Å²) in [5, 5.41) is 3.31. The normalized spacial score (nSPS) is 22.8. The summed E-state index contributed by atoms with van der Waals surface area (Å²) in [5.74, 6) is -0.514. The van der Waals surface area contributed by atoms with Crippen LogP contribution in [0.25, 0.3) is 0 Å². The number of carbonyl (C=O) groups is 1. The van der Waals surface area contributed by atoms with Gasteiger partial charge in [0, 0.05) is 35.2 Å². The fourth-order valence-corrected chi connectivity index (χ4v) is 2.61. The highest BCUT2D eigenvalue weighted by Crippen LogP contribution is 2.18. The lowest BCUT2D eigenvalue weighted by atomic mass is 10.1. The van der Waals surface area contributed by atoms with Gasteiger partial charge >= 0.3 is 0 Å². The monoisotopic (exact) mass is 350 g/mol. The van der Waals surface area contributed by atoms with Gasteiger partial charge in [-0.15, -0.1) is 12.4 Å². The number of amides is 1. The van der Waals surface area contributed by atoms with E-state index in [1.54, 1.807) is 11.0 Å². The van der Waals surface area contributed by atoms with Crippen molar-refractivity contribution < 1.29 is 9.18 Å². The van der Waals surface area contributed by atoms with Crippen LogP contribution in [0.5, 0.6) is 0 Å². The first-order valence-electron chi connectivity index (χ1n) is 5.98. The number of benzene rings is 1. The molecule has 0 spiro atoms. The number of carbonyl (C=O) groups excluding carboxylic acids is 1. The topological polar surface area (TPSA) is 32.3 Å². The van der Waals surface area contributed by atoms with Crippen LogP contribution in [0.4, 0.5) is 4.39 Å². The lowest BCUT2D eigenvalue weighted by molar-refractivity contribution is 0.0616. The molecule has 0 aromatic heterocycles. The first-order chi connectivity index (χ1) is 8.47. The van der Waals surface area contributed by atoms with E-state index >= 15 is 0 Å². The van der Waals surface area contributed by atoms with Crippen molar-refractivity contribution in [1.82, 2.24) is 10.2 Å². The van der Waals surface area contributed by atoms with Crippen molar-refractivity contribution in [3.05, 3.63) is 34.1 Å². The summed E-state index contributed by atoms with van der Waals surface area (Å²) in [6.45, 7) is 5.44. The predicted molar refractivity (Wildman–Crippen MR) is 79.3 cm³/mol. The summed E-state index contributed by atoms with van der Waals surface area (Å²) >= 11 is 3.21. The van der Waals surface area contributed by atoms with Gasteiger partial charge in [-0.05, 0) is 32.0 Å². The molecule has 106 valence electrons. The highest BCUT2D eigenvalue weighted by Gasteiger charge is 2.27. The van der Waals surface area contributed by atoms with Gasteiger partial charge < -0.3 is 10.2 Å². The van der Waals surface area contributed by atoms with Gasteiger partial charge in [0.25, 0.3) is 5.91 Å². The largest absolute Gasteiger partial charge is 0.333 e. The van der Waals surface area contributed by atoms with E-state index < -0.39 is 5.82 Å². The van der Waals surface area contributed by atoms with Gasteiger partial charge in [-0.1, -0.05) is 15.9 Å². The van der Waals surface area contributed by atoms with Gasteiger partial charge in [0.05, 0.1) is 0 Å². The maximum atomic E-state index is 13.3. The molecule has 1 amide bonds. The fraction of sp³-hybridized carbons (Fsp3) is 0.462. The second-order valence-corrected chi connectivity index (χ2v) is 5.69. The van der Waals surface area contributed by atoms with Crippen LogP contribution in [-0.4, -0.2) is 36.0 Å². The van der Waals surface area contributed by atoms with Crippen LogP contribution in [0.1, 0.15) is 24.2 Å². The number of hydrogen-bond acceptors (Lipinski definition) is 2.